The first-order valence-corrected chi connectivity index (χ1v) is 6.07. The third kappa shape index (κ3) is 7.33. The summed E-state index contributed by atoms with van der Waals surface area (Å²) in [5.41, 5.74) is 0.252. The maximum atomic E-state index is 10.4. The lowest BCUT2D eigenvalue weighted by molar-refractivity contribution is -0.123. The van der Waals surface area contributed by atoms with Gasteiger partial charge in [-0.15, -0.1) is 0 Å². The minimum Gasteiger partial charge on any atom is -0.478 e. The monoisotopic (exact) mass is 268 g/mol. The SMILES string of the molecule is CCOC(C)OCC.O=Cc1ccccc1C(=O)O. The first-order valence-electron chi connectivity index (χ1n) is 6.07. The zero-order chi connectivity index (χ0) is 14.7. The fraction of sp³-hybridized carbons (Fsp3) is 0.429. The van der Waals surface area contributed by atoms with Gasteiger partial charge in [0.2, 0.25) is 0 Å². The fourth-order valence-electron chi connectivity index (χ4n) is 1.31. The lowest BCUT2D eigenvalue weighted by Gasteiger charge is -2.09. The second-order valence-electron chi connectivity index (χ2n) is 3.49. The van der Waals surface area contributed by atoms with E-state index in [9.17, 15) is 9.59 Å². The number of carboxylic acid groups (broad SMARTS) is 1. The van der Waals surface area contributed by atoms with Gasteiger partial charge < -0.3 is 14.6 Å². The highest BCUT2D eigenvalue weighted by Gasteiger charge is 2.06. The van der Waals surface area contributed by atoms with Crippen molar-refractivity contribution in [1.29, 1.82) is 0 Å². The van der Waals surface area contributed by atoms with Crippen LogP contribution in [0.15, 0.2) is 24.3 Å². The summed E-state index contributed by atoms with van der Waals surface area (Å²) in [6.45, 7) is 7.25. The Bertz CT molecular complexity index is 383. The molecule has 0 atom stereocenters. The minimum absolute atomic E-state index is 0.0370. The summed E-state index contributed by atoms with van der Waals surface area (Å²) < 4.78 is 10.1. The molecule has 0 saturated heterocycles. The van der Waals surface area contributed by atoms with Crippen LogP contribution in [0.1, 0.15) is 41.5 Å². The van der Waals surface area contributed by atoms with Crippen molar-refractivity contribution in [3.05, 3.63) is 35.4 Å². The van der Waals surface area contributed by atoms with Crippen LogP contribution in [0.3, 0.4) is 0 Å². The van der Waals surface area contributed by atoms with Crippen LogP contribution in [-0.2, 0) is 9.47 Å². The molecule has 1 aromatic rings. The van der Waals surface area contributed by atoms with Gasteiger partial charge in [-0.05, 0) is 26.8 Å². The molecule has 0 radical (unpaired) electrons. The topological polar surface area (TPSA) is 72.8 Å². The van der Waals surface area contributed by atoms with Crippen LogP contribution in [0.4, 0.5) is 0 Å². The first-order chi connectivity index (χ1) is 9.06. The van der Waals surface area contributed by atoms with E-state index in [-0.39, 0.29) is 17.4 Å². The minimum atomic E-state index is -1.08. The molecule has 5 heteroatoms. The summed E-state index contributed by atoms with van der Waals surface area (Å²) in [6.07, 6.45) is 0.494. The third-order valence-corrected chi connectivity index (χ3v) is 2.12. The number of carboxylic acids is 1. The van der Waals surface area contributed by atoms with Crippen LogP contribution in [0, 0.1) is 0 Å². The number of aldehydes is 1. The Hall–Kier alpha value is -1.72. The molecule has 0 bridgehead atoms. The van der Waals surface area contributed by atoms with Gasteiger partial charge in [0, 0.05) is 18.8 Å². The van der Waals surface area contributed by atoms with E-state index in [2.05, 4.69) is 0 Å². The molecule has 0 unspecified atom stereocenters. The molecule has 19 heavy (non-hydrogen) atoms. The van der Waals surface area contributed by atoms with Crippen molar-refractivity contribution >= 4 is 12.3 Å². The lowest BCUT2D eigenvalue weighted by atomic mass is 10.1. The normalized spacial score (nSPS) is 9.68. The average molecular weight is 268 g/mol. The van der Waals surface area contributed by atoms with Gasteiger partial charge in [0.1, 0.15) is 0 Å². The van der Waals surface area contributed by atoms with E-state index in [0.29, 0.717) is 6.29 Å². The van der Waals surface area contributed by atoms with Crippen LogP contribution in [0.2, 0.25) is 0 Å². The molecular weight excluding hydrogens is 248 g/mol. The Balaban J connectivity index is 0.000000362. The predicted molar refractivity (Wildman–Crippen MR) is 71.5 cm³/mol. The number of carbonyl (C=O) groups excluding carboxylic acids is 1. The zero-order valence-corrected chi connectivity index (χ0v) is 11.5. The second-order valence-corrected chi connectivity index (χ2v) is 3.49. The fourth-order valence-corrected chi connectivity index (χ4v) is 1.31. The highest BCUT2D eigenvalue weighted by molar-refractivity contribution is 5.96. The van der Waals surface area contributed by atoms with Crippen LogP contribution in [-0.4, -0.2) is 36.9 Å². The number of hydrogen-bond donors (Lipinski definition) is 1. The summed E-state index contributed by atoms with van der Waals surface area (Å²) in [7, 11) is 0. The van der Waals surface area contributed by atoms with Gasteiger partial charge in [-0.25, -0.2) is 4.79 Å². The van der Waals surface area contributed by atoms with E-state index in [4.69, 9.17) is 14.6 Å². The molecule has 1 aromatic carbocycles. The smallest absolute Gasteiger partial charge is 0.336 e. The summed E-state index contributed by atoms with van der Waals surface area (Å²) in [5.74, 6) is -1.08. The van der Waals surface area contributed by atoms with Crippen LogP contribution < -0.4 is 0 Å². The summed E-state index contributed by atoms with van der Waals surface area (Å²) in [6, 6.07) is 6.06. The molecule has 5 nitrogen and oxygen atoms in total. The highest BCUT2D eigenvalue weighted by Crippen LogP contribution is 2.04. The molecule has 0 saturated carbocycles. The molecule has 1 N–H and O–H groups in total. The molecule has 0 aliphatic rings. The molecule has 0 aliphatic heterocycles. The molecule has 0 spiro atoms. The van der Waals surface area contributed by atoms with Gasteiger partial charge in [-0.1, -0.05) is 18.2 Å². The van der Waals surface area contributed by atoms with Crippen molar-refractivity contribution in [3.8, 4) is 0 Å². The van der Waals surface area contributed by atoms with Gasteiger partial charge in [0.25, 0.3) is 0 Å². The number of rotatable bonds is 6. The standard InChI is InChI=1S/C8H6O3.C6H14O2/c9-5-6-3-1-2-4-7(6)8(10)11;1-4-7-6(3)8-5-2/h1-5H,(H,10,11);6H,4-5H2,1-3H3. The van der Waals surface area contributed by atoms with E-state index < -0.39 is 5.97 Å². The van der Waals surface area contributed by atoms with E-state index in [1.807, 2.05) is 20.8 Å². The predicted octanol–water partition coefficient (Wildman–Crippen LogP) is 2.60. The molecule has 0 fully saturated rings. The summed E-state index contributed by atoms with van der Waals surface area (Å²) in [4.78, 5) is 20.7. The number of carbonyl (C=O) groups is 2. The number of ether oxygens (including phenoxy) is 2. The van der Waals surface area contributed by atoms with Crippen molar-refractivity contribution in [2.24, 2.45) is 0 Å². The Kier molecular flexibility index (Phi) is 9.30. The van der Waals surface area contributed by atoms with Crippen molar-refractivity contribution in [2.45, 2.75) is 27.1 Å². The Morgan fingerprint density at radius 2 is 1.79 bits per heavy atom. The zero-order valence-electron chi connectivity index (χ0n) is 11.5. The van der Waals surface area contributed by atoms with Crippen molar-refractivity contribution < 1.29 is 24.2 Å². The lowest BCUT2D eigenvalue weighted by Crippen LogP contribution is -2.11. The van der Waals surface area contributed by atoms with Crippen LogP contribution in [0.5, 0.6) is 0 Å². The quantitative estimate of drug-likeness (QED) is 0.634. The molecule has 0 aromatic heterocycles. The van der Waals surface area contributed by atoms with Crippen LogP contribution in [0.25, 0.3) is 0 Å². The van der Waals surface area contributed by atoms with E-state index >= 15 is 0 Å². The second kappa shape index (κ2) is 10.2. The molecule has 0 amide bonds. The molecule has 1 rings (SSSR count). The average Bonchev–Trinajstić information content (AvgIpc) is 2.40. The molecule has 106 valence electrons. The van der Waals surface area contributed by atoms with Crippen molar-refractivity contribution in [2.75, 3.05) is 13.2 Å². The number of hydrogen-bond acceptors (Lipinski definition) is 4. The third-order valence-electron chi connectivity index (χ3n) is 2.12. The molecule has 0 heterocycles. The van der Waals surface area contributed by atoms with Gasteiger partial charge in [-0.3, -0.25) is 4.79 Å². The van der Waals surface area contributed by atoms with E-state index in [1.165, 1.54) is 12.1 Å². The van der Waals surface area contributed by atoms with Gasteiger partial charge in [-0.2, -0.15) is 0 Å². The van der Waals surface area contributed by atoms with Crippen molar-refractivity contribution in [3.63, 3.8) is 0 Å². The van der Waals surface area contributed by atoms with Gasteiger partial charge >= 0.3 is 5.97 Å². The highest BCUT2D eigenvalue weighted by atomic mass is 16.7. The van der Waals surface area contributed by atoms with Gasteiger partial charge in [0.05, 0.1) is 5.56 Å². The van der Waals surface area contributed by atoms with Crippen LogP contribution >= 0.6 is 0 Å². The molecule has 0 aliphatic carbocycles. The first kappa shape index (κ1) is 17.3. The Morgan fingerprint density at radius 1 is 1.26 bits per heavy atom. The maximum absolute atomic E-state index is 10.4. The molecular formula is C14H20O5. The Morgan fingerprint density at radius 3 is 2.16 bits per heavy atom. The summed E-state index contributed by atoms with van der Waals surface area (Å²) >= 11 is 0. The Labute approximate surface area is 113 Å². The van der Waals surface area contributed by atoms with E-state index in [1.54, 1.807) is 12.1 Å². The summed E-state index contributed by atoms with van der Waals surface area (Å²) in [5, 5.41) is 8.54. The largest absolute Gasteiger partial charge is 0.478 e. The van der Waals surface area contributed by atoms with Crippen molar-refractivity contribution in [1.82, 2.24) is 0 Å². The number of aromatic carboxylic acids is 1. The van der Waals surface area contributed by atoms with Gasteiger partial charge in [0.15, 0.2) is 12.6 Å². The number of benzene rings is 1. The van der Waals surface area contributed by atoms with E-state index in [0.717, 1.165) is 13.2 Å². The maximum Gasteiger partial charge on any atom is 0.336 e.